The van der Waals surface area contributed by atoms with Crippen molar-refractivity contribution in [3.8, 4) is 0 Å². The Balaban J connectivity index is 0.000000333. The van der Waals surface area contributed by atoms with E-state index in [1.54, 1.807) is 12.4 Å². The van der Waals surface area contributed by atoms with Crippen LogP contribution in [0.3, 0.4) is 0 Å². The van der Waals surface area contributed by atoms with E-state index in [1.807, 2.05) is 12.1 Å². The van der Waals surface area contributed by atoms with Crippen molar-refractivity contribution in [3.05, 3.63) is 47.8 Å². The summed E-state index contributed by atoms with van der Waals surface area (Å²) >= 11 is 0. The van der Waals surface area contributed by atoms with Crippen LogP contribution in [0.2, 0.25) is 0 Å². The molecular weight excluding hydrogens is 552 g/mol. The number of carboxylic acids is 2. The molecule has 1 fully saturated rings. The summed E-state index contributed by atoms with van der Waals surface area (Å²) in [6, 6.07) is 4.17. The number of nitrogens with one attached hydrogen (secondary N) is 1. The lowest BCUT2D eigenvalue weighted by atomic mass is 9.84. The molecule has 1 aliphatic carbocycles. The molecule has 2 aliphatic rings. The predicted molar refractivity (Wildman–Crippen MR) is 127 cm³/mol. The molecule has 1 atom stereocenters. The van der Waals surface area contributed by atoms with Gasteiger partial charge in [-0.2, -0.15) is 26.3 Å². The number of rotatable bonds is 6. The van der Waals surface area contributed by atoms with Gasteiger partial charge in [0.25, 0.3) is 0 Å². The number of amides is 1. The van der Waals surface area contributed by atoms with Crippen LogP contribution in [0.15, 0.2) is 30.7 Å². The van der Waals surface area contributed by atoms with Crippen molar-refractivity contribution in [3.63, 3.8) is 0 Å². The van der Waals surface area contributed by atoms with Gasteiger partial charge in [-0.05, 0) is 37.3 Å². The Morgan fingerprint density at radius 1 is 1.05 bits per heavy atom. The van der Waals surface area contributed by atoms with Crippen molar-refractivity contribution >= 4 is 17.8 Å². The number of carboxylic acid groups (broad SMARTS) is 2. The van der Waals surface area contributed by atoms with Gasteiger partial charge in [0.1, 0.15) is 5.82 Å². The quantitative estimate of drug-likeness (QED) is 0.441. The van der Waals surface area contributed by atoms with Crippen LogP contribution in [0.25, 0.3) is 0 Å². The number of fused-ring (bicyclic) bond motifs is 1. The summed E-state index contributed by atoms with van der Waals surface area (Å²) in [7, 11) is 0. The van der Waals surface area contributed by atoms with Crippen LogP contribution < -0.4 is 5.32 Å². The molecule has 40 heavy (non-hydrogen) atoms. The Morgan fingerprint density at radius 2 is 1.65 bits per heavy atom. The summed E-state index contributed by atoms with van der Waals surface area (Å²) in [6.45, 7) is 5.98. The van der Waals surface area contributed by atoms with Gasteiger partial charge in [0, 0.05) is 44.8 Å². The van der Waals surface area contributed by atoms with Gasteiger partial charge in [-0.1, -0.05) is 12.5 Å². The van der Waals surface area contributed by atoms with Gasteiger partial charge < -0.3 is 20.1 Å². The number of carbonyl (C=O) groups excluding carboxylic acids is 1. The zero-order valence-electron chi connectivity index (χ0n) is 21.4. The molecule has 10 nitrogen and oxygen atoms in total. The van der Waals surface area contributed by atoms with Crippen LogP contribution in [-0.4, -0.2) is 72.9 Å². The molecule has 1 amide bonds. The summed E-state index contributed by atoms with van der Waals surface area (Å²) in [5, 5.41) is 17.2. The van der Waals surface area contributed by atoms with Crippen molar-refractivity contribution in [1.82, 2.24) is 24.8 Å². The Hall–Kier alpha value is -3.69. The lowest BCUT2D eigenvalue weighted by Crippen LogP contribution is -2.41. The van der Waals surface area contributed by atoms with Gasteiger partial charge in [0.2, 0.25) is 5.91 Å². The van der Waals surface area contributed by atoms with E-state index in [1.165, 1.54) is 25.8 Å². The summed E-state index contributed by atoms with van der Waals surface area (Å²) < 4.78 is 65.7. The normalized spacial score (nSPS) is 17.2. The molecule has 1 aliphatic heterocycles. The monoisotopic (exact) mass is 581 g/mol. The standard InChI is InChI=1S/C20H27N5O.2C2HF3O2/c1-15-20-23-18(10-19(26)22-12-17-6-3-7-21-11-17)14-25(20)9-8-24(15)13-16-4-2-5-16;2*3-2(4,5)1(6)7/h3,6-7,11,14-16H,2,4-5,8-10,12-13H2,1H3,(H,22,26);2*(H,6,7). The molecule has 0 spiro atoms. The lowest BCUT2D eigenvalue weighted by molar-refractivity contribution is -0.193. The van der Waals surface area contributed by atoms with Crippen LogP contribution in [0, 0.1) is 5.92 Å². The molecule has 2 aromatic rings. The van der Waals surface area contributed by atoms with E-state index in [2.05, 4.69) is 32.9 Å². The van der Waals surface area contributed by atoms with Gasteiger partial charge in [0.05, 0.1) is 18.2 Å². The number of alkyl halides is 6. The number of imidazole rings is 1. The van der Waals surface area contributed by atoms with E-state index in [0.717, 1.165) is 36.1 Å². The Morgan fingerprint density at radius 3 is 2.12 bits per heavy atom. The number of aromatic nitrogens is 3. The van der Waals surface area contributed by atoms with Crippen LogP contribution in [0.1, 0.15) is 49.3 Å². The zero-order chi connectivity index (χ0) is 30.1. The number of nitrogens with zero attached hydrogens (tertiary/aromatic N) is 4. The molecule has 1 saturated carbocycles. The minimum atomic E-state index is -5.08. The van der Waals surface area contributed by atoms with Crippen LogP contribution >= 0.6 is 0 Å². The highest BCUT2D eigenvalue weighted by Gasteiger charge is 2.39. The van der Waals surface area contributed by atoms with Gasteiger partial charge in [-0.3, -0.25) is 14.7 Å². The first kappa shape index (κ1) is 32.5. The molecule has 16 heteroatoms. The topological polar surface area (TPSA) is 138 Å². The molecule has 1 unspecified atom stereocenters. The minimum absolute atomic E-state index is 0.00303. The van der Waals surface area contributed by atoms with Crippen molar-refractivity contribution < 1.29 is 50.9 Å². The van der Waals surface area contributed by atoms with Gasteiger partial charge in [0.15, 0.2) is 0 Å². The predicted octanol–water partition coefficient (Wildman–Crippen LogP) is 3.58. The van der Waals surface area contributed by atoms with Crippen LogP contribution in [-0.2, 0) is 33.9 Å². The maximum atomic E-state index is 12.2. The largest absolute Gasteiger partial charge is 0.490 e. The van der Waals surface area contributed by atoms with E-state index >= 15 is 0 Å². The van der Waals surface area contributed by atoms with E-state index < -0.39 is 24.3 Å². The highest BCUT2D eigenvalue weighted by atomic mass is 19.4. The maximum Gasteiger partial charge on any atom is 0.490 e. The summed E-state index contributed by atoms with van der Waals surface area (Å²) in [6.07, 6.45) is -0.143. The van der Waals surface area contributed by atoms with Crippen molar-refractivity contribution in [2.24, 2.45) is 5.92 Å². The summed E-state index contributed by atoms with van der Waals surface area (Å²) in [5.41, 5.74) is 1.87. The fourth-order valence-electron chi connectivity index (χ4n) is 3.86. The van der Waals surface area contributed by atoms with E-state index in [4.69, 9.17) is 24.8 Å². The number of carbonyl (C=O) groups is 3. The second kappa shape index (κ2) is 14.1. The molecular formula is C24H29F6N5O5. The third-order valence-electron chi connectivity index (χ3n) is 6.16. The average Bonchev–Trinajstić information content (AvgIpc) is 3.25. The summed E-state index contributed by atoms with van der Waals surface area (Å²) in [5.74, 6) is -3.54. The Labute approximate surface area is 225 Å². The first-order valence-electron chi connectivity index (χ1n) is 12.1. The van der Waals surface area contributed by atoms with Crippen LogP contribution in [0.4, 0.5) is 26.3 Å². The number of halogens is 6. The highest BCUT2D eigenvalue weighted by molar-refractivity contribution is 5.78. The number of pyridine rings is 1. The van der Waals surface area contributed by atoms with Crippen molar-refractivity contribution in [2.45, 2.75) is 64.1 Å². The second-order valence-corrected chi connectivity index (χ2v) is 9.17. The lowest BCUT2D eigenvalue weighted by Gasteiger charge is -2.38. The van der Waals surface area contributed by atoms with Gasteiger partial charge >= 0.3 is 24.3 Å². The molecule has 0 aromatic carbocycles. The number of hydrogen-bond acceptors (Lipinski definition) is 6. The van der Waals surface area contributed by atoms with E-state index in [9.17, 15) is 31.1 Å². The Bertz CT molecular complexity index is 1110. The summed E-state index contributed by atoms with van der Waals surface area (Å²) in [4.78, 5) is 41.4. The molecule has 3 heterocycles. The minimum Gasteiger partial charge on any atom is -0.475 e. The maximum absolute atomic E-state index is 12.2. The van der Waals surface area contributed by atoms with Crippen LogP contribution in [0.5, 0.6) is 0 Å². The average molecular weight is 582 g/mol. The fourth-order valence-corrected chi connectivity index (χ4v) is 3.86. The SMILES string of the molecule is CC1c2nc(CC(=O)NCc3cccnc3)cn2CCN1CC1CCC1.O=C(O)C(F)(F)F.O=C(O)C(F)(F)F. The highest BCUT2D eigenvalue weighted by Crippen LogP contribution is 2.32. The second-order valence-electron chi connectivity index (χ2n) is 9.17. The zero-order valence-corrected chi connectivity index (χ0v) is 21.4. The Kier molecular flexibility index (Phi) is 11.5. The smallest absolute Gasteiger partial charge is 0.475 e. The third kappa shape index (κ3) is 10.5. The molecule has 0 radical (unpaired) electrons. The van der Waals surface area contributed by atoms with Gasteiger partial charge in [-0.15, -0.1) is 0 Å². The molecule has 0 bridgehead atoms. The first-order valence-corrected chi connectivity index (χ1v) is 12.1. The molecule has 222 valence electrons. The molecule has 4 rings (SSSR count). The van der Waals surface area contributed by atoms with E-state index in [0.29, 0.717) is 19.0 Å². The fraction of sp³-hybridized carbons (Fsp3) is 0.542. The van der Waals surface area contributed by atoms with E-state index in [-0.39, 0.29) is 5.91 Å². The van der Waals surface area contributed by atoms with Crippen molar-refractivity contribution in [2.75, 3.05) is 13.1 Å². The molecule has 3 N–H and O–H groups in total. The first-order chi connectivity index (χ1) is 18.6. The number of hydrogen-bond donors (Lipinski definition) is 3. The third-order valence-corrected chi connectivity index (χ3v) is 6.16. The van der Waals surface area contributed by atoms with Crippen molar-refractivity contribution in [1.29, 1.82) is 0 Å². The molecule has 2 aromatic heterocycles. The van der Waals surface area contributed by atoms with Gasteiger partial charge in [-0.25, -0.2) is 14.6 Å². The molecule has 0 saturated heterocycles. The number of aliphatic carboxylic acids is 2.